The molecule has 2 aromatic heterocycles. The fraction of sp³-hybridized carbons (Fsp3) is 0.353. The van der Waals surface area contributed by atoms with E-state index in [9.17, 15) is 14.4 Å². The van der Waals surface area contributed by atoms with Crippen LogP contribution in [0.5, 0.6) is 0 Å². The van der Waals surface area contributed by atoms with Crippen LogP contribution in [0.2, 0.25) is 0 Å². The SMILES string of the molecule is CCCOC(=O)CCN(C(=O)c1ccc2c(c1)nc(CNc1ccc(/C(N)=N\C(C)OC(=O)C(C)C)cc1)n2C)c1ccccn1. The highest BCUT2D eigenvalue weighted by Gasteiger charge is 2.22. The fourth-order valence-electron chi connectivity index (χ4n) is 4.56. The first kappa shape index (κ1) is 33.6. The normalized spacial score (nSPS) is 12.2. The molecule has 1 unspecified atom stereocenters. The molecule has 4 rings (SSSR count). The van der Waals surface area contributed by atoms with Gasteiger partial charge in [-0.3, -0.25) is 19.3 Å². The summed E-state index contributed by atoms with van der Waals surface area (Å²) in [5.74, 6) is 0.264. The molecule has 4 aromatic rings. The number of aliphatic imine (C=N–C) groups is 1. The van der Waals surface area contributed by atoms with Crippen molar-refractivity contribution in [3.63, 3.8) is 0 Å². The standard InChI is InChI=1S/C34H41N7O5/c1-6-19-45-31(42)16-18-41(29-9-7-8-17-36-29)33(43)25-12-15-28-27(20-25)39-30(40(28)5)21-37-26-13-10-24(11-14-26)32(35)38-23(4)46-34(44)22(2)3/h7-15,17,20,22-23,37H,6,16,18-19,21H2,1-5H3,(H2,35,38). The van der Waals surface area contributed by atoms with E-state index in [2.05, 4.69) is 15.3 Å². The van der Waals surface area contributed by atoms with Crippen molar-refractivity contribution in [3.8, 4) is 0 Å². The van der Waals surface area contributed by atoms with Crippen LogP contribution in [0.15, 0.2) is 71.9 Å². The van der Waals surface area contributed by atoms with Crippen LogP contribution in [-0.2, 0) is 32.7 Å². The van der Waals surface area contributed by atoms with Gasteiger partial charge in [0, 0.05) is 36.6 Å². The van der Waals surface area contributed by atoms with E-state index in [1.807, 2.05) is 48.9 Å². The van der Waals surface area contributed by atoms with Gasteiger partial charge in [-0.2, -0.15) is 0 Å². The molecule has 0 saturated heterocycles. The summed E-state index contributed by atoms with van der Waals surface area (Å²) in [6, 6.07) is 18.1. The Morgan fingerprint density at radius 1 is 1.04 bits per heavy atom. The van der Waals surface area contributed by atoms with Gasteiger partial charge < -0.3 is 25.1 Å². The van der Waals surface area contributed by atoms with Crippen molar-refractivity contribution < 1.29 is 23.9 Å². The fourth-order valence-corrected chi connectivity index (χ4v) is 4.56. The van der Waals surface area contributed by atoms with Crippen molar-refractivity contribution >= 4 is 46.2 Å². The molecule has 0 aliphatic rings. The Kier molecular flexibility index (Phi) is 11.4. The van der Waals surface area contributed by atoms with E-state index >= 15 is 0 Å². The number of aromatic nitrogens is 3. The summed E-state index contributed by atoms with van der Waals surface area (Å²) in [4.78, 5) is 52.5. The number of nitrogens with two attached hydrogens (primary N) is 1. The maximum absolute atomic E-state index is 13.7. The van der Waals surface area contributed by atoms with Gasteiger partial charge in [0.05, 0.1) is 36.5 Å². The third kappa shape index (κ3) is 8.68. The van der Waals surface area contributed by atoms with Crippen molar-refractivity contribution in [3.05, 3.63) is 83.8 Å². The van der Waals surface area contributed by atoms with Crippen molar-refractivity contribution in [2.45, 2.75) is 53.3 Å². The van der Waals surface area contributed by atoms with Crippen LogP contribution in [-0.4, -0.2) is 57.6 Å². The van der Waals surface area contributed by atoms with Gasteiger partial charge in [-0.05, 0) is 67.9 Å². The average molecular weight is 628 g/mol. The number of carbonyl (C=O) groups excluding carboxylic acids is 3. The molecule has 0 radical (unpaired) electrons. The summed E-state index contributed by atoms with van der Waals surface area (Å²) < 4.78 is 12.4. The van der Waals surface area contributed by atoms with Crippen molar-refractivity contribution in [1.82, 2.24) is 14.5 Å². The maximum atomic E-state index is 13.7. The molecule has 1 atom stereocenters. The number of imidazole rings is 1. The Morgan fingerprint density at radius 3 is 2.46 bits per heavy atom. The van der Waals surface area contributed by atoms with Crippen molar-refractivity contribution in [2.24, 2.45) is 23.7 Å². The van der Waals surface area contributed by atoms with Gasteiger partial charge in [0.1, 0.15) is 17.5 Å². The molecule has 0 bridgehead atoms. The van der Waals surface area contributed by atoms with Crippen LogP contribution in [0.1, 0.15) is 62.3 Å². The Hall–Kier alpha value is -5.26. The maximum Gasteiger partial charge on any atom is 0.310 e. The molecule has 0 aliphatic heterocycles. The average Bonchev–Trinajstić information content (AvgIpc) is 3.37. The van der Waals surface area contributed by atoms with Gasteiger partial charge >= 0.3 is 11.9 Å². The Morgan fingerprint density at radius 2 is 1.78 bits per heavy atom. The van der Waals surface area contributed by atoms with Crippen LogP contribution in [0.25, 0.3) is 11.0 Å². The Labute approximate surface area is 268 Å². The van der Waals surface area contributed by atoms with Crippen LogP contribution in [0.3, 0.4) is 0 Å². The van der Waals surface area contributed by atoms with E-state index in [-0.39, 0.29) is 42.6 Å². The number of nitrogens with one attached hydrogen (secondary N) is 1. The number of anilines is 2. The van der Waals surface area contributed by atoms with E-state index in [1.54, 1.807) is 57.3 Å². The number of rotatable bonds is 14. The highest BCUT2D eigenvalue weighted by molar-refractivity contribution is 6.07. The number of fused-ring (bicyclic) bond motifs is 1. The van der Waals surface area contributed by atoms with E-state index in [0.717, 1.165) is 23.4 Å². The quantitative estimate of drug-likeness (QED) is 0.114. The van der Waals surface area contributed by atoms with E-state index < -0.39 is 6.23 Å². The molecule has 0 fully saturated rings. The number of hydrogen-bond acceptors (Lipinski definition) is 9. The van der Waals surface area contributed by atoms with E-state index in [4.69, 9.17) is 20.2 Å². The molecule has 0 spiro atoms. The molecule has 2 aromatic carbocycles. The van der Waals surface area contributed by atoms with Crippen molar-refractivity contribution in [1.29, 1.82) is 0 Å². The molecule has 1 amide bonds. The number of pyridine rings is 1. The highest BCUT2D eigenvalue weighted by atomic mass is 16.6. The Bertz CT molecular complexity index is 1680. The minimum Gasteiger partial charge on any atom is -0.466 e. The zero-order chi connectivity index (χ0) is 33.2. The zero-order valence-electron chi connectivity index (χ0n) is 26.9. The second-order valence-electron chi connectivity index (χ2n) is 11.0. The lowest BCUT2D eigenvalue weighted by molar-refractivity contribution is -0.151. The minimum absolute atomic E-state index is 0.0528. The summed E-state index contributed by atoms with van der Waals surface area (Å²) in [7, 11) is 1.92. The van der Waals surface area contributed by atoms with Gasteiger partial charge in [0.15, 0.2) is 6.23 Å². The monoisotopic (exact) mass is 627 g/mol. The zero-order valence-corrected chi connectivity index (χ0v) is 26.9. The highest BCUT2D eigenvalue weighted by Crippen LogP contribution is 2.21. The van der Waals surface area contributed by atoms with Gasteiger partial charge in [-0.1, -0.05) is 26.8 Å². The number of carbonyl (C=O) groups is 3. The number of ether oxygens (including phenoxy) is 2. The molecular formula is C34H41N7O5. The molecule has 0 saturated carbocycles. The Balaban J connectivity index is 1.44. The largest absolute Gasteiger partial charge is 0.466 e. The van der Waals surface area contributed by atoms with Crippen LogP contribution in [0.4, 0.5) is 11.5 Å². The number of nitrogens with zero attached hydrogens (tertiary/aromatic N) is 5. The summed E-state index contributed by atoms with van der Waals surface area (Å²) >= 11 is 0. The van der Waals surface area contributed by atoms with Crippen LogP contribution < -0.4 is 16.0 Å². The van der Waals surface area contributed by atoms with Gasteiger partial charge in [-0.15, -0.1) is 0 Å². The number of amides is 1. The summed E-state index contributed by atoms with van der Waals surface area (Å²) in [5.41, 5.74) is 9.65. The minimum atomic E-state index is -0.687. The van der Waals surface area contributed by atoms with Crippen LogP contribution in [0, 0.1) is 5.92 Å². The first-order valence-electron chi connectivity index (χ1n) is 15.3. The van der Waals surface area contributed by atoms with Gasteiger partial charge in [0.2, 0.25) is 0 Å². The summed E-state index contributed by atoms with van der Waals surface area (Å²) in [5, 5.41) is 3.37. The topological polar surface area (TPSA) is 154 Å². The lowest BCUT2D eigenvalue weighted by Crippen LogP contribution is -2.34. The molecule has 0 aliphatic carbocycles. The molecule has 12 nitrogen and oxygen atoms in total. The predicted molar refractivity (Wildman–Crippen MR) is 177 cm³/mol. The first-order valence-corrected chi connectivity index (χ1v) is 15.3. The number of esters is 2. The third-order valence-electron chi connectivity index (χ3n) is 7.11. The lowest BCUT2D eigenvalue weighted by atomic mass is 10.1. The number of aryl methyl sites for hydroxylation is 1. The van der Waals surface area contributed by atoms with Crippen molar-refractivity contribution in [2.75, 3.05) is 23.4 Å². The van der Waals surface area contributed by atoms with Crippen LogP contribution >= 0.6 is 0 Å². The number of hydrogen-bond donors (Lipinski definition) is 2. The molecule has 12 heteroatoms. The van der Waals surface area contributed by atoms with Gasteiger partial charge in [0.25, 0.3) is 5.91 Å². The molecule has 242 valence electrons. The molecule has 46 heavy (non-hydrogen) atoms. The second-order valence-corrected chi connectivity index (χ2v) is 11.0. The molecular weight excluding hydrogens is 586 g/mol. The molecule has 2 heterocycles. The molecule has 3 N–H and O–H groups in total. The second kappa shape index (κ2) is 15.6. The van der Waals surface area contributed by atoms with E-state index in [0.29, 0.717) is 35.6 Å². The summed E-state index contributed by atoms with van der Waals surface area (Å²) in [6.45, 7) is 8.02. The predicted octanol–water partition coefficient (Wildman–Crippen LogP) is 4.82. The smallest absolute Gasteiger partial charge is 0.310 e. The third-order valence-corrected chi connectivity index (χ3v) is 7.11. The van der Waals surface area contributed by atoms with E-state index in [1.165, 1.54) is 4.90 Å². The summed E-state index contributed by atoms with van der Waals surface area (Å²) in [6.07, 6.45) is 1.70. The lowest BCUT2D eigenvalue weighted by Gasteiger charge is -2.21. The number of benzene rings is 2. The van der Waals surface area contributed by atoms with Gasteiger partial charge in [-0.25, -0.2) is 15.0 Å². The number of amidine groups is 1. The first-order chi connectivity index (χ1) is 22.1.